The molecule has 0 unspecified atom stereocenters. The van der Waals surface area contributed by atoms with E-state index < -0.39 is 0 Å². The summed E-state index contributed by atoms with van der Waals surface area (Å²) in [5, 5.41) is 5.00. The van der Waals surface area contributed by atoms with E-state index >= 15 is 0 Å². The van der Waals surface area contributed by atoms with Crippen LogP contribution >= 0.6 is 0 Å². The maximum Gasteiger partial charge on any atom is 0.0467 e. The van der Waals surface area contributed by atoms with Crippen LogP contribution in [-0.2, 0) is 0 Å². The highest BCUT2D eigenvalue weighted by Gasteiger charge is 2.16. The zero-order chi connectivity index (χ0) is 38.0. The van der Waals surface area contributed by atoms with Crippen molar-refractivity contribution < 1.29 is 0 Å². The lowest BCUT2D eigenvalue weighted by atomic mass is 9.93. The van der Waals surface area contributed by atoms with Gasteiger partial charge in [0.2, 0.25) is 0 Å². The molecule has 0 radical (unpaired) electrons. The molecule has 0 fully saturated rings. The molecule has 1 nitrogen and oxygen atoms in total. The summed E-state index contributed by atoms with van der Waals surface area (Å²) in [5.41, 5.74) is 15.3. The fourth-order valence-corrected chi connectivity index (χ4v) is 8.20. The average Bonchev–Trinajstić information content (AvgIpc) is 3.30. The van der Waals surface area contributed by atoms with Gasteiger partial charge in [-0.1, -0.05) is 182 Å². The van der Waals surface area contributed by atoms with Gasteiger partial charge in [-0.25, -0.2) is 0 Å². The quantitative estimate of drug-likeness (QED) is 0.151. The topological polar surface area (TPSA) is 3.24 Å². The summed E-state index contributed by atoms with van der Waals surface area (Å²) in [6, 6.07) is 85.7. The van der Waals surface area contributed by atoms with E-state index in [-0.39, 0.29) is 0 Å². The van der Waals surface area contributed by atoms with Gasteiger partial charge in [0.1, 0.15) is 0 Å². The average molecular weight is 726 g/mol. The minimum atomic E-state index is 1.09. The normalized spacial score (nSPS) is 11.2. The molecule has 0 heterocycles. The number of hydrogen-bond acceptors (Lipinski definition) is 1. The Balaban J connectivity index is 1.08. The van der Waals surface area contributed by atoms with E-state index in [1.54, 1.807) is 0 Å². The van der Waals surface area contributed by atoms with Crippen LogP contribution in [0.5, 0.6) is 0 Å². The molecule has 0 saturated heterocycles. The molecule has 0 bridgehead atoms. The number of nitrogens with zero attached hydrogens (tertiary/aromatic N) is 1. The maximum atomic E-state index is 2.38. The molecule has 268 valence electrons. The van der Waals surface area contributed by atoms with Crippen molar-refractivity contribution in [3.8, 4) is 55.6 Å². The first-order chi connectivity index (χ1) is 28.2. The number of benzene rings is 10. The summed E-state index contributed by atoms with van der Waals surface area (Å²) in [7, 11) is 0. The lowest BCUT2D eigenvalue weighted by Crippen LogP contribution is -2.10. The standard InChI is InChI=1S/C56H39N/c1-3-14-40(15-4-1)47-36-48(41-16-5-2-6-17-41)38-49(37-47)42-28-32-50(33-29-42)57(51-34-30-45(31-35-51)55-26-12-20-43-18-7-9-24-53(43)55)52-23-11-22-46(39-52)56-27-13-21-44-19-8-10-25-54(44)56/h1-39H. The van der Waals surface area contributed by atoms with Crippen LogP contribution in [0.1, 0.15) is 0 Å². The molecular formula is C56H39N. The first-order valence-corrected chi connectivity index (χ1v) is 19.6. The SMILES string of the molecule is c1ccc(-c2cc(-c3ccccc3)cc(-c3ccc(N(c4ccc(-c5cccc6ccccc56)cc4)c4cccc(-c5cccc6ccccc56)c4)cc3)c2)cc1. The first kappa shape index (κ1) is 34.0. The molecule has 0 amide bonds. The Morgan fingerprint density at radius 1 is 0.211 bits per heavy atom. The third-order valence-corrected chi connectivity index (χ3v) is 11.0. The van der Waals surface area contributed by atoms with E-state index in [4.69, 9.17) is 0 Å². The van der Waals surface area contributed by atoms with Gasteiger partial charge in [0.25, 0.3) is 0 Å². The lowest BCUT2D eigenvalue weighted by molar-refractivity contribution is 1.28. The minimum Gasteiger partial charge on any atom is -0.310 e. The highest BCUT2D eigenvalue weighted by atomic mass is 15.1. The van der Waals surface area contributed by atoms with Crippen molar-refractivity contribution in [1.29, 1.82) is 0 Å². The van der Waals surface area contributed by atoms with Crippen LogP contribution < -0.4 is 4.90 Å². The van der Waals surface area contributed by atoms with Crippen LogP contribution in [0.3, 0.4) is 0 Å². The monoisotopic (exact) mass is 725 g/mol. The van der Waals surface area contributed by atoms with Gasteiger partial charge >= 0.3 is 0 Å². The molecule has 1 heteroatoms. The van der Waals surface area contributed by atoms with Crippen molar-refractivity contribution in [2.24, 2.45) is 0 Å². The summed E-state index contributed by atoms with van der Waals surface area (Å²) in [4.78, 5) is 2.38. The van der Waals surface area contributed by atoms with Gasteiger partial charge in [-0.3, -0.25) is 0 Å². The van der Waals surface area contributed by atoms with Crippen LogP contribution in [0.15, 0.2) is 237 Å². The van der Waals surface area contributed by atoms with Crippen LogP contribution in [0, 0.1) is 0 Å². The zero-order valence-electron chi connectivity index (χ0n) is 31.5. The second-order valence-corrected chi connectivity index (χ2v) is 14.6. The van der Waals surface area contributed by atoms with Gasteiger partial charge in [0.15, 0.2) is 0 Å². The maximum absolute atomic E-state index is 2.38. The fourth-order valence-electron chi connectivity index (χ4n) is 8.20. The fraction of sp³-hybridized carbons (Fsp3) is 0. The summed E-state index contributed by atoms with van der Waals surface area (Å²) in [6.07, 6.45) is 0. The van der Waals surface area contributed by atoms with Crippen LogP contribution in [-0.4, -0.2) is 0 Å². The van der Waals surface area contributed by atoms with E-state index in [0.29, 0.717) is 0 Å². The molecule has 0 spiro atoms. The summed E-state index contributed by atoms with van der Waals surface area (Å²) < 4.78 is 0. The van der Waals surface area contributed by atoms with Gasteiger partial charge in [0, 0.05) is 17.1 Å². The lowest BCUT2D eigenvalue weighted by Gasteiger charge is -2.26. The molecular weight excluding hydrogens is 687 g/mol. The smallest absolute Gasteiger partial charge is 0.0467 e. The molecule has 10 aromatic rings. The predicted octanol–water partition coefficient (Wildman–Crippen LogP) is 15.8. The number of fused-ring (bicyclic) bond motifs is 2. The summed E-state index contributed by atoms with van der Waals surface area (Å²) in [5.74, 6) is 0. The number of hydrogen-bond donors (Lipinski definition) is 0. The van der Waals surface area contributed by atoms with Gasteiger partial charge in [-0.15, -0.1) is 0 Å². The molecule has 57 heavy (non-hydrogen) atoms. The third kappa shape index (κ3) is 6.77. The van der Waals surface area contributed by atoms with Crippen LogP contribution in [0.4, 0.5) is 17.1 Å². The summed E-state index contributed by atoms with van der Waals surface area (Å²) >= 11 is 0. The second kappa shape index (κ2) is 15.0. The number of rotatable bonds is 8. The van der Waals surface area contributed by atoms with Gasteiger partial charge in [-0.2, -0.15) is 0 Å². The van der Waals surface area contributed by atoms with Gasteiger partial charge < -0.3 is 4.90 Å². The second-order valence-electron chi connectivity index (χ2n) is 14.6. The Morgan fingerprint density at radius 2 is 0.596 bits per heavy atom. The largest absolute Gasteiger partial charge is 0.310 e. The molecule has 10 rings (SSSR count). The molecule has 0 aliphatic heterocycles. The number of anilines is 3. The predicted molar refractivity (Wildman–Crippen MR) is 243 cm³/mol. The first-order valence-electron chi connectivity index (χ1n) is 19.6. The Hall–Kier alpha value is -7.48. The van der Waals surface area contributed by atoms with Gasteiger partial charge in [0.05, 0.1) is 0 Å². The van der Waals surface area contributed by atoms with Crippen molar-refractivity contribution in [3.63, 3.8) is 0 Å². The Labute approximate surface area is 334 Å². The van der Waals surface area contributed by atoms with Gasteiger partial charge in [-0.05, 0) is 132 Å². The third-order valence-electron chi connectivity index (χ3n) is 11.0. The zero-order valence-corrected chi connectivity index (χ0v) is 31.5. The molecule has 10 aromatic carbocycles. The minimum absolute atomic E-state index is 1.09. The van der Waals surface area contributed by atoms with Crippen molar-refractivity contribution >= 4 is 38.6 Å². The van der Waals surface area contributed by atoms with Crippen molar-refractivity contribution in [3.05, 3.63) is 237 Å². The van der Waals surface area contributed by atoms with E-state index in [2.05, 4.69) is 241 Å². The Bertz CT molecular complexity index is 2910. The Morgan fingerprint density at radius 3 is 1.12 bits per heavy atom. The van der Waals surface area contributed by atoms with Crippen molar-refractivity contribution in [2.45, 2.75) is 0 Å². The highest BCUT2D eigenvalue weighted by Crippen LogP contribution is 2.41. The molecule has 0 aliphatic rings. The van der Waals surface area contributed by atoms with E-state index in [1.165, 1.54) is 77.2 Å². The summed E-state index contributed by atoms with van der Waals surface area (Å²) in [6.45, 7) is 0. The molecule has 0 N–H and O–H groups in total. The highest BCUT2D eigenvalue weighted by molar-refractivity contribution is 5.99. The van der Waals surface area contributed by atoms with Crippen LogP contribution in [0.2, 0.25) is 0 Å². The molecule has 0 saturated carbocycles. The van der Waals surface area contributed by atoms with Crippen molar-refractivity contribution in [2.75, 3.05) is 4.90 Å². The van der Waals surface area contributed by atoms with E-state index in [9.17, 15) is 0 Å². The van der Waals surface area contributed by atoms with Crippen molar-refractivity contribution in [1.82, 2.24) is 0 Å². The van der Waals surface area contributed by atoms with Crippen LogP contribution in [0.25, 0.3) is 77.2 Å². The molecule has 0 aliphatic carbocycles. The molecule has 0 aromatic heterocycles. The Kier molecular flexibility index (Phi) is 8.95. The van der Waals surface area contributed by atoms with E-state index in [1.807, 2.05) is 0 Å². The molecule has 0 atom stereocenters. The van der Waals surface area contributed by atoms with E-state index in [0.717, 1.165) is 17.1 Å².